The lowest BCUT2D eigenvalue weighted by atomic mass is 10.1. The number of carbonyl (C=O) groups is 1. The lowest BCUT2D eigenvalue weighted by Crippen LogP contribution is -2.44. The number of alkyl halides is 3. The zero-order valence-electron chi connectivity index (χ0n) is 13.3. The molecule has 0 aromatic heterocycles. The second-order valence-corrected chi connectivity index (χ2v) is 5.43. The summed E-state index contributed by atoms with van der Waals surface area (Å²) in [5.41, 5.74) is 0.569. The van der Waals surface area contributed by atoms with E-state index in [1.165, 1.54) is 12.1 Å². The third-order valence-corrected chi connectivity index (χ3v) is 3.42. The number of rotatable bonds is 7. The van der Waals surface area contributed by atoms with Gasteiger partial charge >= 0.3 is 6.18 Å². The summed E-state index contributed by atoms with van der Waals surface area (Å²) < 4.78 is 51.9. The average Bonchev–Trinajstić information content (AvgIpc) is 2.92. The highest BCUT2D eigenvalue weighted by atomic mass is 19.4. The van der Waals surface area contributed by atoms with Gasteiger partial charge in [-0.25, -0.2) is 0 Å². The average molecular weight is 347 g/mol. The highest BCUT2D eigenvalue weighted by Gasteiger charge is 2.30. The third kappa shape index (κ3) is 6.01. The van der Waals surface area contributed by atoms with Gasteiger partial charge in [0.25, 0.3) is 0 Å². The molecule has 1 aromatic rings. The maximum Gasteiger partial charge on any atom is 0.422 e. The molecule has 1 aromatic carbocycles. The fraction of sp³-hybridized carbons (Fsp3) is 0.562. The molecule has 1 saturated heterocycles. The lowest BCUT2D eigenvalue weighted by Gasteiger charge is -2.19. The Kier molecular flexibility index (Phi) is 6.44. The van der Waals surface area contributed by atoms with Gasteiger partial charge in [-0.3, -0.25) is 4.79 Å². The van der Waals surface area contributed by atoms with Crippen LogP contribution in [0.1, 0.15) is 12.5 Å². The van der Waals surface area contributed by atoms with E-state index < -0.39 is 12.8 Å². The van der Waals surface area contributed by atoms with Gasteiger partial charge in [-0.2, -0.15) is 13.2 Å². The van der Waals surface area contributed by atoms with Crippen molar-refractivity contribution in [2.75, 3.05) is 26.4 Å². The predicted molar refractivity (Wildman–Crippen MR) is 79.9 cm³/mol. The summed E-state index contributed by atoms with van der Waals surface area (Å²) in [6.45, 7) is 1.84. The minimum atomic E-state index is -4.40. The normalized spacial score (nSPS) is 20.8. The number of nitrogens with one attached hydrogen (secondary N) is 1. The molecule has 2 atom stereocenters. The summed E-state index contributed by atoms with van der Waals surface area (Å²) >= 11 is 0. The molecule has 8 heteroatoms. The maximum absolute atomic E-state index is 12.2. The SMILES string of the molecule is CCO[C@@H]1COC[C@H]1NC(=O)Cc1cccc(OCC(F)(F)F)c1. The Hall–Kier alpha value is -1.80. The first kappa shape index (κ1) is 18.5. The van der Waals surface area contributed by atoms with Gasteiger partial charge in [0.2, 0.25) is 5.91 Å². The van der Waals surface area contributed by atoms with Gasteiger partial charge in [-0.05, 0) is 24.6 Å². The van der Waals surface area contributed by atoms with Gasteiger partial charge in [0.1, 0.15) is 11.9 Å². The number of halogens is 3. The van der Waals surface area contributed by atoms with E-state index in [-0.39, 0.29) is 30.2 Å². The molecule has 24 heavy (non-hydrogen) atoms. The number of amides is 1. The van der Waals surface area contributed by atoms with Crippen molar-refractivity contribution in [3.63, 3.8) is 0 Å². The Morgan fingerprint density at radius 3 is 2.88 bits per heavy atom. The summed E-state index contributed by atoms with van der Waals surface area (Å²) in [4.78, 5) is 12.1. The smallest absolute Gasteiger partial charge is 0.422 e. The third-order valence-electron chi connectivity index (χ3n) is 3.42. The van der Waals surface area contributed by atoms with Crippen molar-refractivity contribution in [3.05, 3.63) is 29.8 Å². The molecule has 1 aliphatic rings. The first-order chi connectivity index (χ1) is 11.4. The molecule has 0 aliphatic carbocycles. The largest absolute Gasteiger partial charge is 0.484 e. The number of hydrogen-bond acceptors (Lipinski definition) is 4. The summed E-state index contributed by atoms with van der Waals surface area (Å²) in [7, 11) is 0. The van der Waals surface area contributed by atoms with Crippen LogP contribution in [-0.2, 0) is 20.7 Å². The molecule has 1 N–H and O–H groups in total. The summed E-state index contributed by atoms with van der Waals surface area (Å²) in [6.07, 6.45) is -4.54. The molecule has 2 rings (SSSR count). The maximum atomic E-state index is 12.2. The second-order valence-electron chi connectivity index (χ2n) is 5.43. The Labute approximate surface area is 138 Å². The Bertz CT molecular complexity index is 550. The molecular formula is C16H20F3NO4. The van der Waals surface area contributed by atoms with Crippen molar-refractivity contribution in [1.82, 2.24) is 5.32 Å². The molecule has 0 bridgehead atoms. The van der Waals surface area contributed by atoms with Crippen LogP contribution in [0.25, 0.3) is 0 Å². The van der Waals surface area contributed by atoms with Crippen molar-refractivity contribution >= 4 is 5.91 Å². The minimum Gasteiger partial charge on any atom is -0.484 e. The molecule has 0 radical (unpaired) electrons. The standard InChI is InChI=1S/C16H20F3NO4/c1-2-23-14-9-22-8-13(14)20-15(21)7-11-4-3-5-12(6-11)24-10-16(17,18)19/h3-6,13-14H,2,7-10H2,1H3,(H,20,21)/t13-,14-/m1/s1. The van der Waals surface area contributed by atoms with Crippen LogP contribution in [0.4, 0.5) is 13.2 Å². The lowest BCUT2D eigenvalue weighted by molar-refractivity contribution is -0.153. The van der Waals surface area contributed by atoms with E-state index in [9.17, 15) is 18.0 Å². The fourth-order valence-corrected chi connectivity index (χ4v) is 2.40. The van der Waals surface area contributed by atoms with Crippen molar-refractivity contribution in [2.45, 2.75) is 31.7 Å². The Morgan fingerprint density at radius 1 is 1.38 bits per heavy atom. The van der Waals surface area contributed by atoms with Crippen molar-refractivity contribution < 1.29 is 32.2 Å². The van der Waals surface area contributed by atoms with Gasteiger partial charge in [-0.1, -0.05) is 12.1 Å². The molecule has 0 unspecified atom stereocenters. The highest BCUT2D eigenvalue weighted by molar-refractivity contribution is 5.79. The molecule has 0 spiro atoms. The number of hydrogen-bond donors (Lipinski definition) is 1. The van der Waals surface area contributed by atoms with Gasteiger partial charge in [-0.15, -0.1) is 0 Å². The molecule has 1 fully saturated rings. The first-order valence-electron chi connectivity index (χ1n) is 7.64. The minimum absolute atomic E-state index is 0.0402. The van der Waals surface area contributed by atoms with Crippen LogP contribution < -0.4 is 10.1 Å². The van der Waals surface area contributed by atoms with E-state index in [1.807, 2.05) is 6.92 Å². The van der Waals surface area contributed by atoms with Crippen LogP contribution in [0.5, 0.6) is 5.75 Å². The quantitative estimate of drug-likeness (QED) is 0.821. The van der Waals surface area contributed by atoms with Crippen LogP contribution >= 0.6 is 0 Å². The van der Waals surface area contributed by atoms with E-state index in [4.69, 9.17) is 9.47 Å². The first-order valence-corrected chi connectivity index (χ1v) is 7.64. The van der Waals surface area contributed by atoms with Crippen LogP contribution in [0.3, 0.4) is 0 Å². The van der Waals surface area contributed by atoms with E-state index in [2.05, 4.69) is 10.1 Å². The predicted octanol–water partition coefficient (Wildman–Crippen LogP) is 2.09. The Morgan fingerprint density at radius 2 is 2.17 bits per heavy atom. The summed E-state index contributed by atoms with van der Waals surface area (Å²) in [5.74, 6) is -0.169. The van der Waals surface area contributed by atoms with Crippen LogP contribution in [0.15, 0.2) is 24.3 Å². The molecular weight excluding hydrogens is 327 g/mol. The molecule has 1 heterocycles. The van der Waals surface area contributed by atoms with E-state index >= 15 is 0 Å². The van der Waals surface area contributed by atoms with Crippen LogP contribution in [0, 0.1) is 0 Å². The van der Waals surface area contributed by atoms with Gasteiger partial charge < -0.3 is 19.5 Å². The van der Waals surface area contributed by atoms with Gasteiger partial charge in [0.05, 0.1) is 25.7 Å². The molecule has 5 nitrogen and oxygen atoms in total. The van der Waals surface area contributed by atoms with E-state index in [1.54, 1.807) is 12.1 Å². The highest BCUT2D eigenvalue weighted by Crippen LogP contribution is 2.19. The van der Waals surface area contributed by atoms with Crippen LogP contribution in [-0.4, -0.2) is 50.7 Å². The van der Waals surface area contributed by atoms with Crippen molar-refractivity contribution in [3.8, 4) is 5.75 Å². The monoisotopic (exact) mass is 347 g/mol. The summed E-state index contributed by atoms with van der Waals surface area (Å²) in [5, 5.41) is 2.83. The number of benzene rings is 1. The van der Waals surface area contributed by atoms with Gasteiger partial charge in [0, 0.05) is 6.61 Å². The zero-order valence-corrected chi connectivity index (χ0v) is 13.3. The Balaban J connectivity index is 1.87. The van der Waals surface area contributed by atoms with Crippen molar-refractivity contribution in [2.24, 2.45) is 0 Å². The number of ether oxygens (including phenoxy) is 3. The molecule has 1 amide bonds. The molecule has 0 saturated carbocycles. The zero-order chi connectivity index (χ0) is 17.6. The topological polar surface area (TPSA) is 56.8 Å². The molecule has 1 aliphatic heterocycles. The van der Waals surface area contributed by atoms with Crippen molar-refractivity contribution in [1.29, 1.82) is 0 Å². The van der Waals surface area contributed by atoms with E-state index in [0.717, 1.165) is 0 Å². The van der Waals surface area contributed by atoms with Gasteiger partial charge in [0.15, 0.2) is 6.61 Å². The second kappa shape index (κ2) is 8.34. The number of carbonyl (C=O) groups excluding carboxylic acids is 1. The van der Waals surface area contributed by atoms with Crippen LogP contribution in [0.2, 0.25) is 0 Å². The summed E-state index contributed by atoms with van der Waals surface area (Å²) in [6, 6.07) is 5.84. The fourth-order valence-electron chi connectivity index (χ4n) is 2.40. The molecule has 134 valence electrons. The van der Waals surface area contributed by atoms with E-state index in [0.29, 0.717) is 25.4 Å².